The molecular weight excluding hydrogens is 304 g/mol. The van der Waals surface area contributed by atoms with E-state index in [1.807, 2.05) is 48.5 Å². The highest BCUT2D eigenvalue weighted by Gasteiger charge is 2.07. The minimum Gasteiger partial charge on any atom is -0.425 e. The van der Waals surface area contributed by atoms with Crippen molar-refractivity contribution in [1.82, 2.24) is 9.71 Å². The lowest BCUT2D eigenvalue weighted by atomic mass is 10.1. The molecule has 0 bridgehead atoms. The van der Waals surface area contributed by atoms with Crippen LogP contribution < -0.4 is 10.8 Å². The zero-order chi connectivity index (χ0) is 16.9. The highest BCUT2D eigenvalue weighted by Crippen LogP contribution is 2.14. The third kappa shape index (κ3) is 3.49. The van der Waals surface area contributed by atoms with Gasteiger partial charge in [-0.3, -0.25) is 0 Å². The highest BCUT2D eigenvalue weighted by atomic mass is 16.5. The molecule has 0 saturated carbocycles. The summed E-state index contributed by atoms with van der Waals surface area (Å²) < 4.78 is 0.789. The normalized spacial score (nSPS) is 11.3. The molecule has 120 valence electrons. The molecule has 0 aliphatic heterocycles. The van der Waals surface area contributed by atoms with Crippen molar-refractivity contribution in [2.24, 2.45) is 4.99 Å². The lowest BCUT2D eigenvalue weighted by Gasteiger charge is -2.07. The van der Waals surface area contributed by atoms with Crippen molar-refractivity contribution in [2.45, 2.75) is 6.92 Å². The quantitative estimate of drug-likeness (QED) is 0.711. The minimum absolute atomic E-state index is 0.106. The fourth-order valence-electron chi connectivity index (χ4n) is 2.22. The van der Waals surface area contributed by atoms with Crippen LogP contribution in [0.1, 0.15) is 5.82 Å². The van der Waals surface area contributed by atoms with Crippen molar-refractivity contribution in [2.75, 3.05) is 5.32 Å². The van der Waals surface area contributed by atoms with Crippen LogP contribution in [-0.4, -0.2) is 21.0 Å². The second kappa shape index (κ2) is 6.78. The number of carbonyl (C=O) groups is 1. The maximum atomic E-state index is 12.1. The zero-order valence-electron chi connectivity index (χ0n) is 13.0. The number of aromatic nitrogens is 2. The fourth-order valence-corrected chi connectivity index (χ4v) is 2.22. The summed E-state index contributed by atoms with van der Waals surface area (Å²) in [5.41, 5.74) is 2.24. The van der Waals surface area contributed by atoms with Crippen LogP contribution in [0.2, 0.25) is 0 Å². The van der Waals surface area contributed by atoms with Crippen molar-refractivity contribution in [3.05, 3.63) is 78.0 Å². The lowest BCUT2D eigenvalue weighted by molar-refractivity contribution is 0.160. The maximum absolute atomic E-state index is 12.1. The molecular formula is C18H16N4O2. The highest BCUT2D eigenvalue weighted by molar-refractivity contribution is 5.89. The summed E-state index contributed by atoms with van der Waals surface area (Å²) in [5, 5.41) is 12.7. The van der Waals surface area contributed by atoms with Crippen molar-refractivity contribution in [3.8, 4) is 11.3 Å². The molecule has 0 fully saturated rings. The first-order chi connectivity index (χ1) is 11.6. The molecule has 0 spiro atoms. The van der Waals surface area contributed by atoms with E-state index in [0.717, 1.165) is 10.3 Å². The van der Waals surface area contributed by atoms with Crippen LogP contribution in [0.15, 0.2) is 71.7 Å². The van der Waals surface area contributed by atoms with Gasteiger partial charge in [0.1, 0.15) is 5.82 Å². The van der Waals surface area contributed by atoms with Gasteiger partial charge in [-0.15, -0.1) is 0 Å². The van der Waals surface area contributed by atoms with Crippen LogP contribution in [0.5, 0.6) is 0 Å². The number of urea groups is 1. The Morgan fingerprint density at radius 3 is 2.38 bits per heavy atom. The van der Waals surface area contributed by atoms with Gasteiger partial charge in [-0.2, -0.15) is 9.72 Å². The van der Waals surface area contributed by atoms with E-state index in [2.05, 4.69) is 15.3 Å². The monoisotopic (exact) mass is 320 g/mol. The molecule has 24 heavy (non-hydrogen) atoms. The molecule has 6 heteroatoms. The molecule has 6 nitrogen and oxygen atoms in total. The van der Waals surface area contributed by atoms with Crippen LogP contribution in [0.4, 0.5) is 10.5 Å². The summed E-state index contributed by atoms with van der Waals surface area (Å²) in [7, 11) is 0. The lowest BCUT2D eigenvalue weighted by Crippen LogP contribution is -2.25. The van der Waals surface area contributed by atoms with Gasteiger partial charge in [0.25, 0.3) is 0 Å². The summed E-state index contributed by atoms with van der Waals surface area (Å²) in [4.78, 5) is 20.3. The molecule has 2 amide bonds. The third-order valence-corrected chi connectivity index (χ3v) is 3.38. The number of hydrogen-bond donors (Lipinski definition) is 2. The standard InChI is InChI=1S/C18H16N4O2/c1-13-19-16(14-8-4-2-5-9-14)12-17(22(13)24)21-18(23)20-15-10-6-3-7-11-15/h2-12,24H,1H3,(H,20,23)/b21-17+. The second-order valence-corrected chi connectivity index (χ2v) is 5.13. The molecule has 3 aromatic rings. The van der Waals surface area contributed by atoms with E-state index >= 15 is 0 Å². The van der Waals surface area contributed by atoms with E-state index in [1.165, 1.54) is 0 Å². The summed E-state index contributed by atoms with van der Waals surface area (Å²) in [6.45, 7) is 1.64. The number of anilines is 1. The van der Waals surface area contributed by atoms with E-state index < -0.39 is 6.03 Å². The number of carbonyl (C=O) groups excluding carboxylic acids is 1. The van der Waals surface area contributed by atoms with Crippen LogP contribution in [0, 0.1) is 6.92 Å². The first kappa shape index (κ1) is 15.5. The second-order valence-electron chi connectivity index (χ2n) is 5.13. The topological polar surface area (TPSA) is 79.5 Å². The van der Waals surface area contributed by atoms with Gasteiger partial charge in [-0.25, -0.2) is 9.78 Å². The number of aryl methyl sites for hydroxylation is 1. The van der Waals surface area contributed by atoms with Gasteiger partial charge in [0.15, 0.2) is 5.49 Å². The Morgan fingerprint density at radius 1 is 1.08 bits per heavy atom. The molecule has 2 aromatic carbocycles. The van der Waals surface area contributed by atoms with E-state index in [-0.39, 0.29) is 5.49 Å². The van der Waals surface area contributed by atoms with E-state index in [0.29, 0.717) is 17.2 Å². The number of nitrogens with zero attached hydrogens (tertiary/aromatic N) is 3. The Hall–Kier alpha value is -3.41. The van der Waals surface area contributed by atoms with Gasteiger partial charge >= 0.3 is 6.03 Å². The number of amides is 2. The summed E-state index contributed by atoms with van der Waals surface area (Å²) >= 11 is 0. The number of rotatable bonds is 2. The largest absolute Gasteiger partial charge is 0.425 e. The molecule has 0 aliphatic carbocycles. The van der Waals surface area contributed by atoms with Crippen molar-refractivity contribution >= 4 is 11.7 Å². The number of benzene rings is 2. The van der Waals surface area contributed by atoms with Gasteiger partial charge in [-0.1, -0.05) is 48.5 Å². The Bertz CT molecular complexity index is 919. The average molecular weight is 320 g/mol. The van der Waals surface area contributed by atoms with Crippen LogP contribution >= 0.6 is 0 Å². The molecule has 1 aromatic heterocycles. The Balaban J connectivity index is 1.97. The smallest absolute Gasteiger partial charge is 0.347 e. The molecule has 0 unspecified atom stereocenters. The molecule has 0 radical (unpaired) electrons. The third-order valence-electron chi connectivity index (χ3n) is 3.38. The predicted molar refractivity (Wildman–Crippen MR) is 90.6 cm³/mol. The van der Waals surface area contributed by atoms with Crippen LogP contribution in [0.3, 0.4) is 0 Å². The van der Waals surface area contributed by atoms with E-state index in [9.17, 15) is 10.0 Å². The van der Waals surface area contributed by atoms with Crippen LogP contribution in [0.25, 0.3) is 11.3 Å². The first-order valence-electron chi connectivity index (χ1n) is 7.39. The number of para-hydroxylation sites is 1. The van der Waals surface area contributed by atoms with Gasteiger partial charge in [0.2, 0.25) is 0 Å². The van der Waals surface area contributed by atoms with Gasteiger partial charge < -0.3 is 10.5 Å². The average Bonchev–Trinajstić information content (AvgIpc) is 2.60. The van der Waals surface area contributed by atoms with E-state index in [1.54, 1.807) is 25.1 Å². The summed E-state index contributed by atoms with van der Waals surface area (Å²) in [5.74, 6) is 0.336. The van der Waals surface area contributed by atoms with Crippen molar-refractivity contribution < 1.29 is 10.0 Å². The van der Waals surface area contributed by atoms with E-state index in [4.69, 9.17) is 0 Å². The summed E-state index contributed by atoms with van der Waals surface area (Å²) in [6, 6.07) is 19.5. The first-order valence-corrected chi connectivity index (χ1v) is 7.39. The maximum Gasteiger partial charge on any atom is 0.347 e. The Kier molecular flexibility index (Phi) is 4.38. The summed E-state index contributed by atoms with van der Waals surface area (Å²) in [6.07, 6.45) is 0. The van der Waals surface area contributed by atoms with Crippen LogP contribution in [-0.2, 0) is 0 Å². The predicted octanol–water partition coefficient (Wildman–Crippen LogP) is 3.23. The minimum atomic E-state index is -0.575. The SMILES string of the molecule is Cc1nc(-c2ccccc2)c/c(=N\C(=O)Nc2ccccc2)n1O. The molecule has 3 rings (SSSR count). The molecule has 2 N–H and O–H groups in total. The van der Waals surface area contributed by atoms with Crippen molar-refractivity contribution in [3.63, 3.8) is 0 Å². The molecule has 0 saturated heterocycles. The van der Waals surface area contributed by atoms with Gasteiger partial charge in [0, 0.05) is 17.3 Å². The Morgan fingerprint density at radius 2 is 1.71 bits per heavy atom. The van der Waals surface area contributed by atoms with Gasteiger partial charge in [0.05, 0.1) is 5.69 Å². The van der Waals surface area contributed by atoms with Crippen molar-refractivity contribution in [1.29, 1.82) is 0 Å². The molecule has 1 heterocycles. The Labute approximate surface area is 138 Å². The number of nitrogens with one attached hydrogen (secondary N) is 1. The number of hydrogen-bond acceptors (Lipinski definition) is 3. The molecule has 0 aliphatic rings. The van der Waals surface area contributed by atoms with Gasteiger partial charge in [-0.05, 0) is 19.1 Å². The fraction of sp³-hybridized carbons (Fsp3) is 0.0556. The zero-order valence-corrected chi connectivity index (χ0v) is 13.0. The molecule has 0 atom stereocenters.